The lowest BCUT2D eigenvalue weighted by molar-refractivity contribution is -0.495. The Kier molecular flexibility index (Phi) is 9.81. The molecule has 268 valence electrons. The van der Waals surface area contributed by atoms with Crippen LogP contribution in [0.4, 0.5) is 114 Å². The van der Waals surface area contributed by atoms with E-state index in [4.69, 9.17) is 5.11 Å². The molecule has 0 heterocycles. The van der Waals surface area contributed by atoms with Gasteiger partial charge in [-0.1, -0.05) is 6.58 Å². The van der Waals surface area contributed by atoms with Gasteiger partial charge in [-0.15, -0.1) is 0 Å². The van der Waals surface area contributed by atoms with Gasteiger partial charge in [0.1, 0.15) is 0 Å². The van der Waals surface area contributed by atoms with Crippen molar-refractivity contribution in [2.24, 2.45) is 0 Å². The standard InChI is InChI=1S/C16H4F26O3/c1-2-3(43)45-16(41,42)14(37,44)12(33,34)10(29,30)8(25,26)6(21,22)4(17,18)5(19,20)7(23,24)9(27,28)11(31,32)13(35,36)15(38,39)40/h2,44H,1H2. The molecule has 0 bridgehead atoms. The van der Waals surface area contributed by atoms with Crippen molar-refractivity contribution < 1.29 is 129 Å². The molecule has 0 saturated carbocycles. The molecule has 29 heteroatoms. The van der Waals surface area contributed by atoms with Crippen molar-refractivity contribution in [3.63, 3.8) is 0 Å². The summed E-state index contributed by atoms with van der Waals surface area (Å²) in [4.78, 5) is 10.5. The highest BCUT2D eigenvalue weighted by Crippen LogP contribution is 2.68. The van der Waals surface area contributed by atoms with Crippen molar-refractivity contribution in [2.75, 3.05) is 0 Å². The van der Waals surface area contributed by atoms with Gasteiger partial charge in [0.15, 0.2) is 0 Å². The van der Waals surface area contributed by atoms with Crippen LogP contribution >= 0.6 is 0 Å². The number of rotatable bonds is 13. The topological polar surface area (TPSA) is 46.5 Å². The molecular weight excluding hydrogens is 734 g/mol. The van der Waals surface area contributed by atoms with Crippen molar-refractivity contribution in [3.8, 4) is 0 Å². The molecule has 1 N–H and O–H groups in total. The number of aliphatic hydroxyl groups is 1. The molecule has 0 rings (SSSR count). The molecule has 0 aliphatic rings. The average Bonchev–Trinajstić information content (AvgIpc) is 2.81. The molecular formula is C16H4F26O3. The van der Waals surface area contributed by atoms with Crippen LogP contribution in [-0.4, -0.2) is 88.4 Å². The highest BCUT2D eigenvalue weighted by Gasteiger charge is 3.00. The molecule has 0 fully saturated rings. The average molecular weight is 738 g/mol. The Bertz CT molecular complexity index is 1130. The normalized spacial score (nSPS) is 17.6. The summed E-state index contributed by atoms with van der Waals surface area (Å²) in [5.74, 6) is -105. The molecule has 3 nitrogen and oxygen atoms in total. The van der Waals surface area contributed by atoms with E-state index in [1.807, 2.05) is 0 Å². The number of carbonyl (C=O) groups is 1. The largest absolute Gasteiger partial charge is 0.468 e. The van der Waals surface area contributed by atoms with Crippen LogP contribution in [0, 0.1) is 0 Å². The van der Waals surface area contributed by atoms with Gasteiger partial charge in [-0.05, 0) is 0 Å². The number of ether oxygens (including phenoxy) is 1. The van der Waals surface area contributed by atoms with Gasteiger partial charge < -0.3 is 9.84 Å². The molecule has 0 aromatic heterocycles. The van der Waals surface area contributed by atoms with E-state index in [1.165, 1.54) is 0 Å². The molecule has 1 atom stereocenters. The number of hydrogen-bond donors (Lipinski definition) is 1. The minimum Gasteiger partial charge on any atom is -0.393 e. The fraction of sp³-hybridized carbons (Fsp3) is 0.812. The van der Waals surface area contributed by atoms with E-state index in [0.29, 0.717) is 0 Å². The quantitative estimate of drug-likeness (QED) is 0.119. The number of halogens is 26. The van der Waals surface area contributed by atoms with Gasteiger partial charge in [0.2, 0.25) is 0 Å². The maximum atomic E-state index is 13.7. The van der Waals surface area contributed by atoms with E-state index in [-0.39, 0.29) is 0 Å². The van der Waals surface area contributed by atoms with Crippen molar-refractivity contribution in [2.45, 2.75) is 77.4 Å². The second-order valence-electron chi connectivity index (χ2n) is 8.01. The zero-order valence-corrected chi connectivity index (χ0v) is 19.4. The zero-order valence-electron chi connectivity index (χ0n) is 19.4. The van der Waals surface area contributed by atoms with Gasteiger partial charge in [0.05, 0.1) is 0 Å². The summed E-state index contributed by atoms with van der Waals surface area (Å²) < 4.78 is 348. The predicted molar refractivity (Wildman–Crippen MR) is 82.8 cm³/mol. The first-order valence-electron chi connectivity index (χ1n) is 9.45. The van der Waals surface area contributed by atoms with E-state index in [2.05, 4.69) is 11.3 Å². The summed E-state index contributed by atoms with van der Waals surface area (Å²) in [5, 5.41) is 8.37. The Morgan fingerprint density at radius 2 is 0.622 bits per heavy atom. The molecule has 0 aromatic rings. The maximum absolute atomic E-state index is 13.7. The molecule has 0 aliphatic heterocycles. The minimum atomic E-state index is -9.80. The van der Waals surface area contributed by atoms with E-state index in [1.54, 1.807) is 0 Å². The van der Waals surface area contributed by atoms with Gasteiger partial charge in [-0.25, -0.2) is 4.79 Å². The van der Waals surface area contributed by atoms with Gasteiger partial charge >= 0.3 is 83.3 Å². The molecule has 0 aromatic carbocycles. The van der Waals surface area contributed by atoms with Crippen LogP contribution in [0.3, 0.4) is 0 Å². The Morgan fingerprint density at radius 1 is 0.422 bits per heavy atom. The second kappa shape index (κ2) is 10.4. The third kappa shape index (κ3) is 5.07. The zero-order chi connectivity index (χ0) is 37.5. The highest BCUT2D eigenvalue weighted by atomic mass is 19.4. The van der Waals surface area contributed by atoms with Crippen molar-refractivity contribution in [1.82, 2.24) is 0 Å². The summed E-state index contributed by atoms with van der Waals surface area (Å²) >= 11 is 0. The monoisotopic (exact) mass is 738 g/mol. The molecule has 0 aliphatic carbocycles. The summed E-state index contributed by atoms with van der Waals surface area (Å²) in [7, 11) is 0. The Labute approximate surface area is 226 Å². The Morgan fingerprint density at radius 3 is 0.822 bits per heavy atom. The third-order valence-electron chi connectivity index (χ3n) is 5.10. The van der Waals surface area contributed by atoms with Crippen molar-refractivity contribution in [1.29, 1.82) is 0 Å². The van der Waals surface area contributed by atoms with E-state index in [9.17, 15) is 119 Å². The van der Waals surface area contributed by atoms with Gasteiger partial charge in [0.25, 0.3) is 0 Å². The second-order valence-corrected chi connectivity index (χ2v) is 8.01. The van der Waals surface area contributed by atoms with Crippen LogP contribution in [0.2, 0.25) is 0 Å². The van der Waals surface area contributed by atoms with Crippen molar-refractivity contribution >= 4 is 5.97 Å². The van der Waals surface area contributed by atoms with Crippen LogP contribution in [0.15, 0.2) is 12.7 Å². The van der Waals surface area contributed by atoms with Crippen molar-refractivity contribution in [3.05, 3.63) is 12.7 Å². The molecule has 0 spiro atoms. The first-order chi connectivity index (χ1) is 19.0. The number of esters is 1. The van der Waals surface area contributed by atoms with Crippen LogP contribution in [0.5, 0.6) is 0 Å². The molecule has 45 heavy (non-hydrogen) atoms. The highest BCUT2D eigenvalue weighted by molar-refractivity contribution is 5.81. The van der Waals surface area contributed by atoms with E-state index >= 15 is 0 Å². The molecule has 1 unspecified atom stereocenters. The SMILES string of the molecule is C=CC(=O)OC(F)(F)C(O)(F)C(F)(F)C(F)(F)C(F)(F)C(F)(F)C(F)(F)C(F)(F)C(F)(F)C(F)(F)C(F)(F)C(F)(F)C(F)(F)F. The van der Waals surface area contributed by atoms with Crippen LogP contribution in [-0.2, 0) is 9.53 Å². The van der Waals surface area contributed by atoms with Crippen LogP contribution in [0.25, 0.3) is 0 Å². The van der Waals surface area contributed by atoms with E-state index < -0.39 is 89.4 Å². The summed E-state index contributed by atoms with van der Waals surface area (Å²) in [5.41, 5.74) is 0. The molecule has 0 saturated heterocycles. The van der Waals surface area contributed by atoms with E-state index in [0.717, 1.165) is 0 Å². The number of alkyl halides is 26. The molecule has 0 amide bonds. The maximum Gasteiger partial charge on any atom is 0.468 e. The lowest BCUT2D eigenvalue weighted by Gasteiger charge is -2.46. The first kappa shape index (κ1) is 42.3. The van der Waals surface area contributed by atoms with Gasteiger partial charge in [0, 0.05) is 6.08 Å². The predicted octanol–water partition coefficient (Wildman–Crippen LogP) is 7.88. The van der Waals surface area contributed by atoms with Gasteiger partial charge in [-0.2, -0.15) is 114 Å². The van der Waals surface area contributed by atoms with Crippen LogP contribution < -0.4 is 0 Å². The smallest absolute Gasteiger partial charge is 0.393 e. The number of carbonyl (C=O) groups excluding carboxylic acids is 1. The third-order valence-corrected chi connectivity index (χ3v) is 5.10. The minimum absolute atomic E-state index is 0.657. The Balaban J connectivity index is 7.45. The summed E-state index contributed by atoms with van der Waals surface area (Å²) in [6.07, 6.45) is -16.3. The van der Waals surface area contributed by atoms with Gasteiger partial charge in [-0.3, -0.25) is 0 Å². The fourth-order valence-corrected chi connectivity index (χ4v) is 2.38. The Hall–Kier alpha value is -2.65. The number of hydrogen-bond acceptors (Lipinski definition) is 3. The lowest BCUT2D eigenvalue weighted by Crippen LogP contribution is -2.79. The summed E-state index contributed by atoms with van der Waals surface area (Å²) in [6, 6.07) is 0. The first-order valence-corrected chi connectivity index (χ1v) is 9.45. The van der Waals surface area contributed by atoms with Crippen LogP contribution in [0.1, 0.15) is 0 Å². The molecule has 0 radical (unpaired) electrons. The summed E-state index contributed by atoms with van der Waals surface area (Å²) in [6.45, 7) is 2.16. The lowest BCUT2D eigenvalue weighted by atomic mass is 9.84. The fourth-order valence-electron chi connectivity index (χ4n) is 2.38.